The van der Waals surface area contributed by atoms with E-state index in [0.29, 0.717) is 6.42 Å². The monoisotopic (exact) mass is 245 g/mol. The molecule has 2 rings (SSSR count). The number of aliphatic carboxylic acids is 1. The van der Waals surface area contributed by atoms with Gasteiger partial charge in [0.2, 0.25) is 0 Å². The number of aromatic amines is 1. The van der Waals surface area contributed by atoms with Gasteiger partial charge in [0.15, 0.2) is 0 Å². The predicted octanol–water partition coefficient (Wildman–Crippen LogP) is 3.50. The van der Waals surface area contributed by atoms with Crippen LogP contribution >= 0.6 is 0 Å². The Labute approximate surface area is 107 Å². The van der Waals surface area contributed by atoms with Crippen molar-refractivity contribution >= 4 is 16.9 Å². The van der Waals surface area contributed by atoms with Crippen molar-refractivity contribution in [2.75, 3.05) is 0 Å². The largest absolute Gasteiger partial charge is 0.481 e. The number of nitrogens with one attached hydrogen (secondary N) is 1. The highest BCUT2D eigenvalue weighted by Gasteiger charge is 2.10. The van der Waals surface area contributed by atoms with Gasteiger partial charge in [-0.1, -0.05) is 6.07 Å². The summed E-state index contributed by atoms with van der Waals surface area (Å²) < 4.78 is 0. The normalized spacial score (nSPS) is 11.1. The fourth-order valence-corrected chi connectivity index (χ4v) is 2.54. The number of carbonyl (C=O) groups is 1. The van der Waals surface area contributed by atoms with E-state index in [-0.39, 0.29) is 6.42 Å². The molecule has 0 aliphatic carbocycles. The van der Waals surface area contributed by atoms with Crippen LogP contribution in [0.5, 0.6) is 0 Å². The van der Waals surface area contributed by atoms with Gasteiger partial charge in [-0.05, 0) is 55.9 Å². The van der Waals surface area contributed by atoms with Gasteiger partial charge in [-0.15, -0.1) is 0 Å². The molecular weight excluding hydrogens is 226 g/mol. The Morgan fingerprint density at radius 1 is 1.28 bits per heavy atom. The average molecular weight is 245 g/mol. The summed E-state index contributed by atoms with van der Waals surface area (Å²) in [6, 6.07) is 2.20. The van der Waals surface area contributed by atoms with Crippen molar-refractivity contribution in [2.45, 2.75) is 40.0 Å². The molecule has 1 heterocycles. The fourth-order valence-electron chi connectivity index (χ4n) is 2.54. The summed E-state index contributed by atoms with van der Waals surface area (Å²) in [5, 5.41) is 9.95. The first-order chi connectivity index (χ1) is 8.50. The molecule has 0 spiro atoms. The molecule has 2 N–H and O–H groups in total. The van der Waals surface area contributed by atoms with Crippen LogP contribution in [0.1, 0.15) is 35.1 Å². The van der Waals surface area contributed by atoms with Gasteiger partial charge in [0.1, 0.15) is 0 Å². The molecular formula is C15H19NO2. The number of carboxylic acid groups (broad SMARTS) is 1. The topological polar surface area (TPSA) is 53.1 Å². The van der Waals surface area contributed by atoms with Crippen molar-refractivity contribution in [1.29, 1.82) is 0 Å². The van der Waals surface area contributed by atoms with E-state index in [1.54, 1.807) is 0 Å². The maximum absolute atomic E-state index is 10.5. The Kier molecular flexibility index (Phi) is 3.41. The average Bonchev–Trinajstić information content (AvgIpc) is 2.70. The molecule has 3 nitrogen and oxygen atoms in total. The number of rotatable bonds is 4. The first kappa shape index (κ1) is 12.7. The third-order valence-electron chi connectivity index (χ3n) is 3.59. The van der Waals surface area contributed by atoms with Gasteiger partial charge >= 0.3 is 5.97 Å². The van der Waals surface area contributed by atoms with Gasteiger partial charge in [-0.25, -0.2) is 0 Å². The molecule has 1 aromatic carbocycles. The fraction of sp³-hybridized carbons (Fsp3) is 0.400. The molecule has 96 valence electrons. The molecule has 18 heavy (non-hydrogen) atoms. The molecule has 0 fully saturated rings. The Morgan fingerprint density at radius 3 is 2.67 bits per heavy atom. The van der Waals surface area contributed by atoms with E-state index < -0.39 is 5.97 Å². The van der Waals surface area contributed by atoms with Gasteiger partial charge < -0.3 is 10.1 Å². The van der Waals surface area contributed by atoms with E-state index in [1.165, 1.54) is 33.2 Å². The SMILES string of the molecule is Cc1cc(C)c2c(CCCC(=O)O)c[nH]c2c1C. The van der Waals surface area contributed by atoms with E-state index >= 15 is 0 Å². The minimum Gasteiger partial charge on any atom is -0.481 e. The summed E-state index contributed by atoms with van der Waals surface area (Å²) in [6.07, 6.45) is 3.76. The van der Waals surface area contributed by atoms with Crippen molar-refractivity contribution in [3.63, 3.8) is 0 Å². The van der Waals surface area contributed by atoms with Crippen LogP contribution in [0.3, 0.4) is 0 Å². The highest BCUT2D eigenvalue weighted by Crippen LogP contribution is 2.28. The van der Waals surface area contributed by atoms with E-state index in [2.05, 4.69) is 31.8 Å². The minimum atomic E-state index is -0.724. The van der Waals surface area contributed by atoms with E-state index in [4.69, 9.17) is 5.11 Å². The quantitative estimate of drug-likeness (QED) is 0.866. The standard InChI is InChI=1S/C15H19NO2/c1-9-7-10(2)14-12(5-4-6-13(17)18)8-16-15(14)11(9)3/h7-8,16H,4-6H2,1-3H3,(H,17,18). The van der Waals surface area contributed by atoms with Crippen molar-refractivity contribution in [2.24, 2.45) is 0 Å². The number of carboxylic acids is 1. The Balaban J connectivity index is 2.36. The van der Waals surface area contributed by atoms with Crippen LogP contribution in [0.4, 0.5) is 0 Å². The molecule has 0 aliphatic rings. The highest BCUT2D eigenvalue weighted by molar-refractivity contribution is 5.90. The Morgan fingerprint density at radius 2 is 2.00 bits per heavy atom. The molecule has 0 atom stereocenters. The maximum atomic E-state index is 10.5. The molecule has 0 aliphatic heterocycles. The Bertz CT molecular complexity index is 596. The second-order valence-electron chi connectivity index (χ2n) is 4.95. The van der Waals surface area contributed by atoms with Crippen LogP contribution in [0.2, 0.25) is 0 Å². The van der Waals surface area contributed by atoms with Gasteiger partial charge in [0, 0.05) is 23.5 Å². The lowest BCUT2D eigenvalue weighted by Gasteiger charge is -2.07. The van der Waals surface area contributed by atoms with E-state index in [1.807, 2.05) is 6.20 Å². The van der Waals surface area contributed by atoms with Crippen molar-refractivity contribution in [3.05, 3.63) is 34.5 Å². The summed E-state index contributed by atoms with van der Waals surface area (Å²) in [4.78, 5) is 13.9. The highest BCUT2D eigenvalue weighted by atomic mass is 16.4. The summed E-state index contributed by atoms with van der Waals surface area (Å²) in [5.74, 6) is -0.724. The molecule has 0 radical (unpaired) electrons. The van der Waals surface area contributed by atoms with Crippen LogP contribution in [-0.2, 0) is 11.2 Å². The predicted molar refractivity (Wildman–Crippen MR) is 73.1 cm³/mol. The summed E-state index contributed by atoms with van der Waals surface area (Å²) in [6.45, 7) is 6.35. The van der Waals surface area contributed by atoms with Crippen molar-refractivity contribution < 1.29 is 9.90 Å². The lowest BCUT2D eigenvalue weighted by Crippen LogP contribution is -1.96. The molecule has 3 heteroatoms. The number of fused-ring (bicyclic) bond motifs is 1. The third kappa shape index (κ3) is 2.26. The summed E-state index contributed by atoms with van der Waals surface area (Å²) in [7, 11) is 0. The Hall–Kier alpha value is -1.77. The third-order valence-corrected chi connectivity index (χ3v) is 3.59. The van der Waals surface area contributed by atoms with Gasteiger partial charge in [-0.3, -0.25) is 4.79 Å². The second-order valence-corrected chi connectivity index (χ2v) is 4.95. The zero-order valence-electron chi connectivity index (χ0n) is 11.1. The lowest BCUT2D eigenvalue weighted by atomic mass is 9.98. The van der Waals surface area contributed by atoms with Crippen LogP contribution < -0.4 is 0 Å². The maximum Gasteiger partial charge on any atom is 0.303 e. The van der Waals surface area contributed by atoms with Crippen LogP contribution in [0.15, 0.2) is 12.3 Å². The van der Waals surface area contributed by atoms with Gasteiger partial charge in [-0.2, -0.15) is 0 Å². The van der Waals surface area contributed by atoms with E-state index in [0.717, 1.165) is 6.42 Å². The first-order valence-corrected chi connectivity index (χ1v) is 6.29. The van der Waals surface area contributed by atoms with Crippen LogP contribution in [0, 0.1) is 20.8 Å². The molecule has 0 saturated carbocycles. The van der Waals surface area contributed by atoms with E-state index in [9.17, 15) is 4.79 Å². The molecule has 0 amide bonds. The molecule has 2 aromatic rings. The van der Waals surface area contributed by atoms with Crippen molar-refractivity contribution in [1.82, 2.24) is 4.98 Å². The zero-order chi connectivity index (χ0) is 13.3. The van der Waals surface area contributed by atoms with Crippen LogP contribution in [-0.4, -0.2) is 16.1 Å². The summed E-state index contributed by atoms with van der Waals surface area (Å²) in [5.41, 5.74) is 6.25. The smallest absolute Gasteiger partial charge is 0.303 e. The first-order valence-electron chi connectivity index (χ1n) is 6.29. The number of hydrogen-bond acceptors (Lipinski definition) is 1. The summed E-state index contributed by atoms with van der Waals surface area (Å²) >= 11 is 0. The van der Waals surface area contributed by atoms with Crippen molar-refractivity contribution in [3.8, 4) is 0 Å². The number of benzene rings is 1. The minimum absolute atomic E-state index is 0.233. The molecule has 0 unspecified atom stereocenters. The molecule has 0 saturated heterocycles. The molecule has 1 aromatic heterocycles. The number of H-pyrrole nitrogens is 1. The van der Waals surface area contributed by atoms with Gasteiger partial charge in [0.05, 0.1) is 0 Å². The van der Waals surface area contributed by atoms with Gasteiger partial charge in [0.25, 0.3) is 0 Å². The lowest BCUT2D eigenvalue weighted by molar-refractivity contribution is -0.137. The van der Waals surface area contributed by atoms with Crippen LogP contribution in [0.25, 0.3) is 10.9 Å². The zero-order valence-corrected chi connectivity index (χ0v) is 11.1. The number of hydrogen-bond donors (Lipinski definition) is 2. The number of aromatic nitrogens is 1. The second kappa shape index (κ2) is 4.84. The number of aryl methyl sites for hydroxylation is 4. The molecule has 0 bridgehead atoms.